The van der Waals surface area contributed by atoms with Gasteiger partial charge < -0.3 is 0 Å². The van der Waals surface area contributed by atoms with Crippen LogP contribution in [-0.2, 0) is 11.2 Å². The third kappa shape index (κ3) is 2.26. The molecule has 0 spiro atoms. The van der Waals surface area contributed by atoms with E-state index in [1.165, 1.54) is 0 Å². The molecule has 0 radical (unpaired) electrons. The number of hydrogen-bond donors (Lipinski definition) is 1. The minimum absolute atomic E-state index is 0.200. The highest BCUT2D eigenvalue weighted by Crippen LogP contribution is 2.34. The number of carbonyl (C=O) groups excluding carboxylic acids is 1. The minimum Gasteiger partial charge on any atom is -0.272 e. The second-order valence-corrected chi connectivity index (χ2v) is 5.02. The average molecular weight is 266 g/mol. The van der Waals surface area contributed by atoms with Gasteiger partial charge in [-0.1, -0.05) is 29.8 Å². The summed E-state index contributed by atoms with van der Waals surface area (Å²) in [6.07, 6.45) is 0.200. The van der Waals surface area contributed by atoms with Gasteiger partial charge in [0, 0.05) is 6.42 Å². The molecule has 1 aliphatic rings. The summed E-state index contributed by atoms with van der Waals surface area (Å²) in [4.78, 5) is 11.9. The Morgan fingerprint density at radius 2 is 1.85 bits per heavy atom. The van der Waals surface area contributed by atoms with E-state index in [9.17, 15) is 15.3 Å². The fourth-order valence-electron chi connectivity index (χ4n) is 2.41. The molecule has 1 aromatic carbocycles. The standard InChI is InChI=1S/C15H14N4O/c1-10-3-5-12(6-4-10)7-15(8-16,9-17)13-11(2)18-19-14(13)20/h3-6,13H,7H2,1-2H3,(H,19,20). The average Bonchev–Trinajstić information content (AvgIpc) is 2.79. The van der Waals surface area contributed by atoms with Crippen LogP contribution in [0.2, 0.25) is 0 Å². The third-order valence-corrected chi connectivity index (χ3v) is 3.52. The number of nitrogens with zero attached hydrogens (tertiary/aromatic N) is 3. The molecule has 2 rings (SSSR count). The first-order valence-electron chi connectivity index (χ1n) is 6.24. The molecular weight excluding hydrogens is 252 g/mol. The maximum atomic E-state index is 11.9. The van der Waals surface area contributed by atoms with Gasteiger partial charge in [0.15, 0.2) is 5.41 Å². The number of nitriles is 2. The molecule has 1 aromatic rings. The fourth-order valence-corrected chi connectivity index (χ4v) is 2.41. The summed E-state index contributed by atoms with van der Waals surface area (Å²) in [5, 5.41) is 22.8. The van der Waals surface area contributed by atoms with E-state index in [-0.39, 0.29) is 6.42 Å². The zero-order valence-electron chi connectivity index (χ0n) is 11.3. The van der Waals surface area contributed by atoms with Crippen LogP contribution in [0.15, 0.2) is 29.4 Å². The second kappa shape index (κ2) is 5.14. The van der Waals surface area contributed by atoms with E-state index in [1.54, 1.807) is 6.92 Å². The van der Waals surface area contributed by atoms with Crippen molar-refractivity contribution in [3.63, 3.8) is 0 Å². The summed E-state index contributed by atoms with van der Waals surface area (Å²) in [5.41, 5.74) is 3.34. The Morgan fingerprint density at radius 1 is 1.25 bits per heavy atom. The zero-order chi connectivity index (χ0) is 14.8. The van der Waals surface area contributed by atoms with Crippen LogP contribution in [0.3, 0.4) is 0 Å². The molecule has 0 aliphatic carbocycles. The van der Waals surface area contributed by atoms with E-state index >= 15 is 0 Å². The normalized spacial score (nSPS) is 17.9. The van der Waals surface area contributed by atoms with Crippen LogP contribution >= 0.6 is 0 Å². The van der Waals surface area contributed by atoms with E-state index < -0.39 is 17.2 Å². The SMILES string of the molecule is CC1=NNC(=O)C1C(C#N)(C#N)Cc1ccc(C)cc1. The van der Waals surface area contributed by atoms with Gasteiger partial charge in [-0.05, 0) is 19.4 Å². The Balaban J connectivity index is 2.39. The summed E-state index contributed by atoms with van der Waals surface area (Å²) in [7, 11) is 0. The van der Waals surface area contributed by atoms with Gasteiger partial charge in [-0.3, -0.25) is 4.79 Å². The van der Waals surface area contributed by atoms with Crippen molar-refractivity contribution in [2.45, 2.75) is 20.3 Å². The van der Waals surface area contributed by atoms with Crippen LogP contribution in [0.1, 0.15) is 18.1 Å². The first-order valence-corrected chi connectivity index (χ1v) is 6.24. The lowest BCUT2D eigenvalue weighted by Gasteiger charge is -2.23. The Hall–Kier alpha value is -2.66. The molecule has 100 valence electrons. The number of aryl methyl sites for hydroxylation is 1. The Bertz CT molecular complexity index is 632. The molecule has 0 aromatic heterocycles. The monoisotopic (exact) mass is 266 g/mol. The van der Waals surface area contributed by atoms with Crippen LogP contribution in [0.4, 0.5) is 0 Å². The molecule has 1 aliphatic heterocycles. The topological polar surface area (TPSA) is 89.0 Å². The number of carbonyl (C=O) groups is 1. The van der Waals surface area contributed by atoms with Gasteiger partial charge in [-0.15, -0.1) is 0 Å². The summed E-state index contributed by atoms with van der Waals surface area (Å²) < 4.78 is 0. The summed E-state index contributed by atoms with van der Waals surface area (Å²) in [6.45, 7) is 3.62. The Morgan fingerprint density at radius 3 is 2.30 bits per heavy atom. The van der Waals surface area contributed by atoms with Gasteiger partial charge in [-0.2, -0.15) is 15.6 Å². The molecule has 0 saturated heterocycles. The fraction of sp³-hybridized carbons (Fsp3) is 0.333. The predicted molar refractivity (Wildman–Crippen MR) is 73.3 cm³/mol. The van der Waals surface area contributed by atoms with E-state index in [0.717, 1.165) is 11.1 Å². The highest BCUT2D eigenvalue weighted by molar-refractivity contribution is 6.08. The molecule has 5 heteroatoms. The quantitative estimate of drug-likeness (QED) is 0.902. The van der Waals surface area contributed by atoms with Crippen LogP contribution in [0.5, 0.6) is 0 Å². The minimum atomic E-state index is -1.43. The van der Waals surface area contributed by atoms with E-state index in [0.29, 0.717) is 5.71 Å². The number of amides is 1. The van der Waals surface area contributed by atoms with Crippen LogP contribution < -0.4 is 5.43 Å². The molecule has 1 heterocycles. The molecule has 1 unspecified atom stereocenters. The maximum Gasteiger partial charge on any atom is 0.251 e. The smallest absolute Gasteiger partial charge is 0.251 e. The number of hydrogen-bond acceptors (Lipinski definition) is 4. The summed E-state index contributed by atoms with van der Waals surface area (Å²) in [5.74, 6) is -1.21. The van der Waals surface area contributed by atoms with Crippen LogP contribution in [-0.4, -0.2) is 11.6 Å². The molecule has 1 amide bonds. The Kier molecular flexibility index (Phi) is 3.54. The number of rotatable bonds is 3. The Labute approximate surface area is 117 Å². The number of benzene rings is 1. The van der Waals surface area contributed by atoms with Gasteiger partial charge in [-0.25, -0.2) is 5.43 Å². The van der Waals surface area contributed by atoms with Gasteiger partial charge in [0.25, 0.3) is 5.91 Å². The van der Waals surface area contributed by atoms with Gasteiger partial charge in [0.1, 0.15) is 5.92 Å². The molecule has 1 atom stereocenters. The van der Waals surface area contributed by atoms with Crippen molar-refractivity contribution >= 4 is 11.6 Å². The lowest BCUT2D eigenvalue weighted by atomic mass is 9.71. The van der Waals surface area contributed by atoms with Crippen molar-refractivity contribution in [3.05, 3.63) is 35.4 Å². The van der Waals surface area contributed by atoms with Crippen LogP contribution in [0, 0.1) is 40.9 Å². The van der Waals surface area contributed by atoms with E-state index in [2.05, 4.69) is 10.5 Å². The first kappa shape index (κ1) is 13.8. The molecule has 0 fully saturated rings. The third-order valence-electron chi connectivity index (χ3n) is 3.52. The summed E-state index contributed by atoms with van der Waals surface area (Å²) in [6, 6.07) is 11.6. The van der Waals surface area contributed by atoms with Crippen molar-refractivity contribution in [2.75, 3.05) is 0 Å². The maximum absolute atomic E-state index is 11.9. The van der Waals surface area contributed by atoms with Crippen molar-refractivity contribution in [1.82, 2.24) is 5.43 Å². The highest BCUT2D eigenvalue weighted by Gasteiger charge is 2.48. The predicted octanol–water partition coefficient (Wildman–Crippen LogP) is 1.69. The number of hydrazone groups is 1. The molecule has 5 nitrogen and oxygen atoms in total. The molecule has 1 N–H and O–H groups in total. The van der Waals surface area contributed by atoms with Crippen molar-refractivity contribution in [2.24, 2.45) is 16.4 Å². The number of nitrogens with one attached hydrogen (secondary N) is 1. The van der Waals surface area contributed by atoms with Crippen molar-refractivity contribution in [3.8, 4) is 12.1 Å². The van der Waals surface area contributed by atoms with Crippen molar-refractivity contribution in [1.29, 1.82) is 10.5 Å². The van der Waals surface area contributed by atoms with E-state index in [4.69, 9.17) is 0 Å². The molecule has 0 saturated carbocycles. The lowest BCUT2D eigenvalue weighted by molar-refractivity contribution is -0.123. The second-order valence-electron chi connectivity index (χ2n) is 5.02. The van der Waals surface area contributed by atoms with Gasteiger partial charge in [0.2, 0.25) is 0 Å². The summed E-state index contributed by atoms with van der Waals surface area (Å²) >= 11 is 0. The molecule has 20 heavy (non-hydrogen) atoms. The van der Waals surface area contributed by atoms with Gasteiger partial charge in [0.05, 0.1) is 17.9 Å². The van der Waals surface area contributed by atoms with Crippen molar-refractivity contribution < 1.29 is 4.79 Å². The van der Waals surface area contributed by atoms with E-state index in [1.807, 2.05) is 43.3 Å². The van der Waals surface area contributed by atoms with Crippen LogP contribution in [0.25, 0.3) is 0 Å². The highest BCUT2D eigenvalue weighted by atomic mass is 16.2. The first-order chi connectivity index (χ1) is 9.52. The molecular formula is C15H14N4O. The lowest BCUT2D eigenvalue weighted by Crippen LogP contribution is -2.39. The zero-order valence-corrected chi connectivity index (χ0v) is 11.3. The van der Waals surface area contributed by atoms with Gasteiger partial charge >= 0.3 is 0 Å². The largest absolute Gasteiger partial charge is 0.272 e. The molecule has 0 bridgehead atoms.